The number of hydrogen-bond donors (Lipinski definition) is 1. The molecule has 2 N–H and O–H groups in total. The fourth-order valence-electron chi connectivity index (χ4n) is 4.37. The van der Waals surface area contributed by atoms with Crippen molar-refractivity contribution in [3.05, 3.63) is 78.0 Å². The zero-order valence-corrected chi connectivity index (χ0v) is 18.2. The van der Waals surface area contributed by atoms with Crippen molar-refractivity contribution < 1.29 is 14.3 Å². The highest BCUT2D eigenvalue weighted by atomic mass is 16.5. The quantitative estimate of drug-likeness (QED) is 0.463. The number of ether oxygens (including phenoxy) is 2. The van der Waals surface area contributed by atoms with Crippen molar-refractivity contribution in [2.24, 2.45) is 5.73 Å². The molecule has 0 saturated heterocycles. The summed E-state index contributed by atoms with van der Waals surface area (Å²) in [5.74, 6) is 0.0703. The van der Waals surface area contributed by atoms with Gasteiger partial charge in [-0.3, -0.25) is 4.40 Å². The second kappa shape index (κ2) is 7.80. The van der Waals surface area contributed by atoms with Crippen molar-refractivity contribution in [2.45, 2.75) is 24.8 Å². The van der Waals surface area contributed by atoms with Gasteiger partial charge in [0.1, 0.15) is 0 Å². The average Bonchev–Trinajstić information content (AvgIpc) is 3.21. The number of esters is 1. The average molecular weight is 428 g/mol. The number of nitrogens with two attached hydrogens (primary N) is 1. The van der Waals surface area contributed by atoms with Crippen LogP contribution in [0.2, 0.25) is 0 Å². The summed E-state index contributed by atoms with van der Waals surface area (Å²) < 4.78 is 12.4. The largest absolute Gasteiger partial charge is 0.493 e. The van der Waals surface area contributed by atoms with E-state index in [1.807, 2.05) is 34.7 Å². The van der Waals surface area contributed by atoms with Crippen molar-refractivity contribution in [3.63, 3.8) is 0 Å². The molecule has 162 valence electrons. The van der Waals surface area contributed by atoms with Gasteiger partial charge in [-0.25, -0.2) is 9.78 Å². The van der Waals surface area contributed by atoms with Crippen LogP contribution in [0, 0.1) is 0 Å². The van der Waals surface area contributed by atoms with E-state index in [9.17, 15) is 4.79 Å². The number of methoxy groups -OCH3 is 2. The Morgan fingerprint density at radius 2 is 1.75 bits per heavy atom. The summed E-state index contributed by atoms with van der Waals surface area (Å²) in [6, 6.07) is 20.0. The molecule has 2 aromatic carbocycles. The number of fused-ring (bicyclic) bond motifs is 1. The van der Waals surface area contributed by atoms with Gasteiger partial charge in [-0.2, -0.15) is 0 Å². The van der Waals surface area contributed by atoms with Crippen LogP contribution < -0.4 is 10.5 Å². The predicted octanol–water partition coefficient (Wildman–Crippen LogP) is 4.80. The number of nitrogens with zero attached hydrogens (tertiary/aromatic N) is 2. The molecule has 32 heavy (non-hydrogen) atoms. The molecule has 2 aromatic heterocycles. The summed E-state index contributed by atoms with van der Waals surface area (Å²) in [5.41, 5.74) is 12.1. The van der Waals surface area contributed by atoms with Crippen molar-refractivity contribution in [1.29, 1.82) is 0 Å². The molecule has 0 amide bonds. The number of carbonyl (C=O) groups excluding carboxylic acids is 1. The minimum absolute atomic E-state index is 0.210. The molecule has 0 spiro atoms. The standard InChI is InChI=1S/C26H25N3O3/c1-31-21-15-19(25(30)32-2)16-29-23(18-7-4-3-5-8-18)22(28-24(21)29)17-9-11-20(12-10-17)26(27)13-6-14-26/h3-5,7-12,15-16H,6,13-14,27H2,1-2H3. The summed E-state index contributed by atoms with van der Waals surface area (Å²) in [7, 11) is 2.94. The van der Waals surface area contributed by atoms with E-state index in [1.54, 1.807) is 19.4 Å². The van der Waals surface area contributed by atoms with Gasteiger partial charge in [0.05, 0.1) is 31.2 Å². The number of pyridine rings is 1. The highest BCUT2D eigenvalue weighted by Gasteiger charge is 2.34. The van der Waals surface area contributed by atoms with Crippen molar-refractivity contribution in [1.82, 2.24) is 9.38 Å². The van der Waals surface area contributed by atoms with Crippen LogP contribution in [0.3, 0.4) is 0 Å². The first-order valence-corrected chi connectivity index (χ1v) is 10.7. The van der Waals surface area contributed by atoms with Crippen LogP contribution in [-0.2, 0) is 10.3 Å². The number of imidazole rings is 1. The summed E-state index contributed by atoms with van der Waals surface area (Å²) in [6.45, 7) is 0. The van der Waals surface area contributed by atoms with Gasteiger partial charge in [-0.15, -0.1) is 0 Å². The monoisotopic (exact) mass is 427 g/mol. The number of aromatic nitrogens is 2. The second-order valence-electron chi connectivity index (χ2n) is 8.24. The molecule has 6 heteroatoms. The van der Waals surface area contributed by atoms with Gasteiger partial charge in [0, 0.05) is 22.9 Å². The van der Waals surface area contributed by atoms with E-state index in [0.29, 0.717) is 17.0 Å². The lowest BCUT2D eigenvalue weighted by Crippen LogP contribution is -2.43. The Bertz CT molecular complexity index is 1290. The smallest absolute Gasteiger partial charge is 0.339 e. The van der Waals surface area contributed by atoms with Gasteiger partial charge >= 0.3 is 5.97 Å². The molecule has 4 aromatic rings. The van der Waals surface area contributed by atoms with E-state index in [1.165, 1.54) is 13.5 Å². The van der Waals surface area contributed by atoms with Crippen LogP contribution in [-0.4, -0.2) is 29.6 Å². The minimum Gasteiger partial charge on any atom is -0.493 e. The third kappa shape index (κ3) is 3.24. The third-order valence-corrected chi connectivity index (χ3v) is 6.35. The maximum atomic E-state index is 12.3. The number of rotatable bonds is 5. The molecule has 1 saturated carbocycles. The predicted molar refractivity (Wildman–Crippen MR) is 124 cm³/mol. The molecule has 2 heterocycles. The van der Waals surface area contributed by atoms with E-state index in [4.69, 9.17) is 20.2 Å². The molecular formula is C26H25N3O3. The molecule has 6 nitrogen and oxygen atoms in total. The fraction of sp³-hybridized carbons (Fsp3) is 0.231. The van der Waals surface area contributed by atoms with Crippen LogP contribution in [0.5, 0.6) is 5.75 Å². The fourth-order valence-corrected chi connectivity index (χ4v) is 4.37. The zero-order valence-electron chi connectivity index (χ0n) is 18.2. The van der Waals surface area contributed by atoms with Gasteiger partial charge < -0.3 is 15.2 Å². The molecule has 0 radical (unpaired) electrons. The highest BCUT2D eigenvalue weighted by molar-refractivity contribution is 5.92. The molecule has 5 rings (SSSR count). The van der Waals surface area contributed by atoms with Gasteiger partial charge in [0.15, 0.2) is 11.4 Å². The summed E-state index contributed by atoms with van der Waals surface area (Å²) in [5, 5.41) is 0. The number of benzene rings is 2. The van der Waals surface area contributed by atoms with Crippen molar-refractivity contribution in [2.75, 3.05) is 14.2 Å². The SMILES string of the molecule is COC(=O)c1cc(OC)c2nc(-c3ccc(C4(N)CCC4)cc3)c(-c3ccccc3)n2c1. The van der Waals surface area contributed by atoms with Gasteiger partial charge in [-0.1, -0.05) is 54.6 Å². The molecule has 1 aliphatic rings. The normalized spacial score (nSPS) is 14.7. The number of hydrogen-bond acceptors (Lipinski definition) is 5. The highest BCUT2D eigenvalue weighted by Crippen LogP contribution is 2.40. The van der Waals surface area contributed by atoms with Gasteiger partial charge in [-0.05, 0) is 30.9 Å². The van der Waals surface area contributed by atoms with E-state index < -0.39 is 5.97 Å². The van der Waals surface area contributed by atoms with Crippen LogP contribution in [0.4, 0.5) is 0 Å². The zero-order chi connectivity index (χ0) is 22.3. The lowest BCUT2D eigenvalue weighted by atomic mass is 9.72. The Morgan fingerprint density at radius 3 is 2.34 bits per heavy atom. The molecular weight excluding hydrogens is 402 g/mol. The first kappa shape index (κ1) is 20.3. The van der Waals surface area contributed by atoms with Crippen LogP contribution >= 0.6 is 0 Å². The molecule has 0 unspecified atom stereocenters. The molecule has 1 aliphatic carbocycles. The summed E-state index contributed by atoms with van der Waals surface area (Å²) in [4.78, 5) is 17.2. The lowest BCUT2D eigenvalue weighted by Gasteiger charge is -2.38. The third-order valence-electron chi connectivity index (χ3n) is 6.35. The van der Waals surface area contributed by atoms with Gasteiger partial charge in [0.25, 0.3) is 0 Å². The second-order valence-corrected chi connectivity index (χ2v) is 8.24. The van der Waals surface area contributed by atoms with Crippen LogP contribution in [0.15, 0.2) is 66.9 Å². The Balaban J connectivity index is 1.74. The Morgan fingerprint density at radius 1 is 1.03 bits per heavy atom. The minimum atomic E-state index is -0.433. The Kier molecular flexibility index (Phi) is 4.94. The maximum Gasteiger partial charge on any atom is 0.339 e. The topological polar surface area (TPSA) is 78.8 Å². The van der Waals surface area contributed by atoms with E-state index in [2.05, 4.69) is 24.3 Å². The van der Waals surface area contributed by atoms with Crippen LogP contribution in [0.25, 0.3) is 28.2 Å². The van der Waals surface area contributed by atoms with Crippen molar-refractivity contribution in [3.8, 4) is 28.3 Å². The molecule has 1 fully saturated rings. The maximum absolute atomic E-state index is 12.3. The molecule has 0 bridgehead atoms. The summed E-state index contributed by atoms with van der Waals surface area (Å²) in [6.07, 6.45) is 4.96. The first-order chi connectivity index (χ1) is 15.5. The van der Waals surface area contributed by atoms with Crippen LogP contribution in [0.1, 0.15) is 35.2 Å². The molecule has 0 atom stereocenters. The summed E-state index contributed by atoms with van der Waals surface area (Å²) >= 11 is 0. The van der Waals surface area contributed by atoms with E-state index in [-0.39, 0.29) is 5.54 Å². The van der Waals surface area contributed by atoms with Crippen molar-refractivity contribution >= 4 is 11.6 Å². The Labute approximate surface area is 186 Å². The molecule has 0 aliphatic heterocycles. The van der Waals surface area contributed by atoms with E-state index >= 15 is 0 Å². The first-order valence-electron chi connectivity index (χ1n) is 10.7. The Hall–Kier alpha value is -3.64. The number of carbonyl (C=O) groups is 1. The lowest BCUT2D eigenvalue weighted by molar-refractivity contribution is 0.0599. The van der Waals surface area contributed by atoms with E-state index in [0.717, 1.165) is 40.9 Å². The van der Waals surface area contributed by atoms with Gasteiger partial charge in [0.2, 0.25) is 0 Å².